The van der Waals surface area contributed by atoms with Gasteiger partial charge in [0.2, 0.25) is 0 Å². The summed E-state index contributed by atoms with van der Waals surface area (Å²) in [5.41, 5.74) is 2.76. The van der Waals surface area contributed by atoms with Gasteiger partial charge in [0, 0.05) is 24.4 Å². The molecule has 0 atom stereocenters. The Balaban J connectivity index is 2.70. The molecule has 14 heavy (non-hydrogen) atoms. The van der Waals surface area contributed by atoms with Crippen LogP contribution in [0.4, 0.5) is 0 Å². The van der Waals surface area contributed by atoms with E-state index in [1.807, 2.05) is 19.9 Å². The van der Waals surface area contributed by atoms with Gasteiger partial charge in [0.05, 0.1) is 0 Å². The molecule has 0 aliphatic carbocycles. The van der Waals surface area contributed by atoms with Crippen LogP contribution in [0.1, 0.15) is 35.7 Å². The second kappa shape index (κ2) is 4.70. The first-order chi connectivity index (χ1) is 6.61. The molecule has 0 fully saturated rings. The van der Waals surface area contributed by atoms with Gasteiger partial charge in [0.1, 0.15) is 0 Å². The molecule has 74 valence electrons. The number of ketones is 1. The fraction of sp³-hybridized carbons (Fsp3) is 0.333. The highest BCUT2D eigenvalue weighted by Gasteiger charge is 2.08. The summed E-state index contributed by atoms with van der Waals surface area (Å²) in [7, 11) is 0. The number of Topliss-reactive ketones (excluding diaryl/α,β-unsaturated/α-hetero) is 1. The van der Waals surface area contributed by atoms with E-state index in [4.69, 9.17) is 0 Å². The predicted molar refractivity (Wildman–Crippen MR) is 57.4 cm³/mol. The molecule has 0 aromatic carbocycles. The Labute approximate surface area is 84.7 Å². The number of hydrogen-bond acceptors (Lipinski definition) is 2. The van der Waals surface area contributed by atoms with E-state index in [0.29, 0.717) is 6.42 Å². The molecule has 0 spiro atoms. The van der Waals surface area contributed by atoms with Crippen LogP contribution in [0.5, 0.6) is 0 Å². The molecule has 2 heteroatoms. The van der Waals surface area contributed by atoms with Gasteiger partial charge in [0.25, 0.3) is 0 Å². The number of pyridine rings is 1. The predicted octanol–water partition coefficient (Wildman–Crippen LogP) is 2.93. The standard InChI is InChI=1S/C12H15NO/c1-9(2)4-5-12(14)11-8-13-7-6-10(11)3/h6-8H,1,4-5H2,2-3H3. The zero-order valence-electron chi connectivity index (χ0n) is 8.71. The molecule has 1 aromatic heterocycles. The summed E-state index contributed by atoms with van der Waals surface area (Å²) in [6.45, 7) is 7.64. The minimum Gasteiger partial charge on any atom is -0.294 e. The van der Waals surface area contributed by atoms with Gasteiger partial charge in [-0.2, -0.15) is 0 Å². The second-order valence-electron chi connectivity index (χ2n) is 3.57. The minimum absolute atomic E-state index is 0.151. The third kappa shape index (κ3) is 2.80. The van der Waals surface area contributed by atoms with Crippen LogP contribution in [-0.4, -0.2) is 10.8 Å². The van der Waals surface area contributed by atoms with E-state index in [1.165, 1.54) is 0 Å². The molecule has 2 nitrogen and oxygen atoms in total. The van der Waals surface area contributed by atoms with E-state index >= 15 is 0 Å². The highest BCUT2D eigenvalue weighted by molar-refractivity contribution is 5.97. The maximum atomic E-state index is 11.7. The van der Waals surface area contributed by atoms with Crippen molar-refractivity contribution in [1.82, 2.24) is 4.98 Å². The van der Waals surface area contributed by atoms with Crippen molar-refractivity contribution in [2.45, 2.75) is 26.7 Å². The molecule has 1 aromatic rings. The van der Waals surface area contributed by atoms with Crippen LogP contribution in [-0.2, 0) is 0 Å². The van der Waals surface area contributed by atoms with Crippen molar-refractivity contribution in [3.63, 3.8) is 0 Å². The fourth-order valence-electron chi connectivity index (χ4n) is 1.22. The monoisotopic (exact) mass is 189 g/mol. The summed E-state index contributed by atoms with van der Waals surface area (Å²) in [5, 5.41) is 0. The highest BCUT2D eigenvalue weighted by atomic mass is 16.1. The van der Waals surface area contributed by atoms with E-state index in [9.17, 15) is 4.79 Å². The molecule has 1 heterocycles. The van der Waals surface area contributed by atoms with Crippen LogP contribution in [0.2, 0.25) is 0 Å². The summed E-state index contributed by atoms with van der Waals surface area (Å²) >= 11 is 0. The normalized spacial score (nSPS) is 9.86. The Morgan fingerprint density at radius 1 is 1.50 bits per heavy atom. The first-order valence-corrected chi connectivity index (χ1v) is 4.69. The Morgan fingerprint density at radius 2 is 2.21 bits per heavy atom. The number of allylic oxidation sites excluding steroid dienone is 1. The van der Waals surface area contributed by atoms with Crippen LogP contribution in [0.3, 0.4) is 0 Å². The lowest BCUT2D eigenvalue weighted by Crippen LogP contribution is -2.02. The van der Waals surface area contributed by atoms with Crippen molar-refractivity contribution in [1.29, 1.82) is 0 Å². The van der Waals surface area contributed by atoms with Crippen LogP contribution in [0, 0.1) is 6.92 Å². The summed E-state index contributed by atoms with van der Waals surface area (Å²) in [4.78, 5) is 15.6. The molecule has 0 amide bonds. The Hall–Kier alpha value is -1.44. The smallest absolute Gasteiger partial charge is 0.165 e. The number of aryl methyl sites for hydroxylation is 1. The molecule has 0 saturated carbocycles. The average Bonchev–Trinajstić information content (AvgIpc) is 2.15. The third-order valence-electron chi connectivity index (χ3n) is 2.12. The lowest BCUT2D eigenvalue weighted by atomic mass is 10.0. The molecule has 0 bridgehead atoms. The van der Waals surface area contributed by atoms with Gasteiger partial charge in [0.15, 0.2) is 5.78 Å². The van der Waals surface area contributed by atoms with E-state index in [1.54, 1.807) is 12.4 Å². The molecular formula is C12H15NO. The quantitative estimate of drug-likeness (QED) is 0.538. The topological polar surface area (TPSA) is 30.0 Å². The van der Waals surface area contributed by atoms with Crippen LogP contribution in [0.15, 0.2) is 30.6 Å². The zero-order chi connectivity index (χ0) is 10.6. The Bertz CT molecular complexity index is 355. The second-order valence-corrected chi connectivity index (χ2v) is 3.57. The van der Waals surface area contributed by atoms with E-state index in [2.05, 4.69) is 11.6 Å². The summed E-state index contributed by atoms with van der Waals surface area (Å²) in [6.07, 6.45) is 4.62. The van der Waals surface area contributed by atoms with Crippen LogP contribution < -0.4 is 0 Å². The number of aromatic nitrogens is 1. The van der Waals surface area contributed by atoms with Gasteiger partial charge in [-0.3, -0.25) is 9.78 Å². The first kappa shape index (κ1) is 10.6. The molecule has 0 unspecified atom stereocenters. The van der Waals surface area contributed by atoms with E-state index in [0.717, 1.165) is 23.1 Å². The lowest BCUT2D eigenvalue weighted by Gasteiger charge is -2.03. The first-order valence-electron chi connectivity index (χ1n) is 4.69. The molecule has 1 rings (SSSR count). The molecular weight excluding hydrogens is 174 g/mol. The van der Waals surface area contributed by atoms with Gasteiger partial charge in [-0.25, -0.2) is 0 Å². The average molecular weight is 189 g/mol. The third-order valence-corrected chi connectivity index (χ3v) is 2.12. The minimum atomic E-state index is 0.151. The molecule has 0 aliphatic rings. The lowest BCUT2D eigenvalue weighted by molar-refractivity contribution is 0.0982. The Kier molecular flexibility index (Phi) is 3.57. The number of carbonyl (C=O) groups excluding carboxylic acids is 1. The summed E-state index contributed by atoms with van der Waals surface area (Å²) in [5.74, 6) is 0.151. The van der Waals surface area contributed by atoms with E-state index in [-0.39, 0.29) is 5.78 Å². The number of rotatable bonds is 4. The zero-order valence-corrected chi connectivity index (χ0v) is 8.71. The number of carbonyl (C=O) groups is 1. The molecule has 0 saturated heterocycles. The van der Waals surface area contributed by atoms with Crippen molar-refractivity contribution in [2.24, 2.45) is 0 Å². The summed E-state index contributed by atoms with van der Waals surface area (Å²) in [6, 6.07) is 1.86. The number of hydrogen-bond donors (Lipinski definition) is 0. The van der Waals surface area contributed by atoms with Crippen molar-refractivity contribution < 1.29 is 4.79 Å². The molecule has 0 radical (unpaired) electrons. The Morgan fingerprint density at radius 3 is 2.79 bits per heavy atom. The maximum Gasteiger partial charge on any atom is 0.165 e. The highest BCUT2D eigenvalue weighted by Crippen LogP contribution is 2.11. The SMILES string of the molecule is C=C(C)CCC(=O)c1cnccc1C. The van der Waals surface area contributed by atoms with Gasteiger partial charge >= 0.3 is 0 Å². The maximum absolute atomic E-state index is 11.7. The van der Waals surface area contributed by atoms with Crippen molar-refractivity contribution in [3.05, 3.63) is 41.7 Å². The molecule has 0 N–H and O–H groups in total. The van der Waals surface area contributed by atoms with Gasteiger partial charge in [-0.05, 0) is 31.9 Å². The molecule has 0 aliphatic heterocycles. The van der Waals surface area contributed by atoms with Crippen molar-refractivity contribution in [3.8, 4) is 0 Å². The largest absolute Gasteiger partial charge is 0.294 e. The van der Waals surface area contributed by atoms with Crippen LogP contribution in [0.25, 0.3) is 0 Å². The van der Waals surface area contributed by atoms with Crippen LogP contribution >= 0.6 is 0 Å². The van der Waals surface area contributed by atoms with Crippen molar-refractivity contribution >= 4 is 5.78 Å². The van der Waals surface area contributed by atoms with Gasteiger partial charge in [-0.15, -0.1) is 6.58 Å². The van der Waals surface area contributed by atoms with Gasteiger partial charge in [-0.1, -0.05) is 5.57 Å². The summed E-state index contributed by atoms with van der Waals surface area (Å²) < 4.78 is 0. The van der Waals surface area contributed by atoms with Gasteiger partial charge < -0.3 is 0 Å². The van der Waals surface area contributed by atoms with E-state index < -0.39 is 0 Å². The number of nitrogens with zero attached hydrogens (tertiary/aromatic N) is 1. The fourth-order valence-corrected chi connectivity index (χ4v) is 1.22. The van der Waals surface area contributed by atoms with Crippen molar-refractivity contribution in [2.75, 3.05) is 0 Å².